The number of nitrogens with zero attached hydrogens (tertiary/aromatic N) is 3. The maximum Gasteiger partial charge on any atom is 0.259 e. The molecule has 0 radical (unpaired) electrons. The third-order valence-corrected chi connectivity index (χ3v) is 2.62. The smallest absolute Gasteiger partial charge is 0.259 e. The highest BCUT2D eigenvalue weighted by molar-refractivity contribution is 5.85. The van der Waals surface area contributed by atoms with Gasteiger partial charge >= 0.3 is 0 Å². The van der Waals surface area contributed by atoms with Gasteiger partial charge in [0.05, 0.1) is 0 Å². The average Bonchev–Trinajstić information content (AvgIpc) is 2.26. The predicted octanol–water partition coefficient (Wildman–Crippen LogP) is 1.02. The average molecular weight is 282 g/mol. The molecule has 8 heteroatoms. The summed E-state index contributed by atoms with van der Waals surface area (Å²) in [4.78, 5) is 6.08. The summed E-state index contributed by atoms with van der Waals surface area (Å²) in [6, 6.07) is 1.60. The van der Waals surface area contributed by atoms with Crippen molar-refractivity contribution in [2.45, 2.75) is 19.3 Å². The topological polar surface area (TPSA) is 91.2 Å². The van der Waals surface area contributed by atoms with Crippen LogP contribution in [0.2, 0.25) is 0 Å². The largest absolute Gasteiger partial charge is 0.423 e. The van der Waals surface area contributed by atoms with Gasteiger partial charge in [-0.25, -0.2) is 0 Å². The minimum atomic E-state index is -0.226. The van der Waals surface area contributed by atoms with E-state index in [2.05, 4.69) is 9.88 Å². The molecule has 1 aliphatic heterocycles. The second-order valence-corrected chi connectivity index (χ2v) is 3.72. The fourth-order valence-corrected chi connectivity index (χ4v) is 1.79. The molecule has 0 amide bonds. The van der Waals surface area contributed by atoms with Crippen molar-refractivity contribution < 1.29 is 5.21 Å². The van der Waals surface area contributed by atoms with Crippen molar-refractivity contribution in [3.05, 3.63) is 11.7 Å². The van der Waals surface area contributed by atoms with E-state index in [1.54, 1.807) is 6.07 Å². The van der Waals surface area contributed by atoms with Gasteiger partial charge in [0, 0.05) is 19.2 Å². The summed E-state index contributed by atoms with van der Waals surface area (Å²) in [6.07, 6.45) is 3.53. The molecule has 4 N–H and O–H groups in total. The molecule has 0 bridgehead atoms. The van der Waals surface area contributed by atoms with E-state index in [0.717, 1.165) is 25.9 Å². The summed E-state index contributed by atoms with van der Waals surface area (Å²) >= 11 is 0. The number of nitrogens with one attached hydrogen (secondary N) is 1. The molecule has 0 aromatic carbocycles. The van der Waals surface area contributed by atoms with Crippen LogP contribution in [0, 0.1) is 5.41 Å². The summed E-state index contributed by atoms with van der Waals surface area (Å²) in [5, 5.41) is 16.7. The van der Waals surface area contributed by atoms with Crippen LogP contribution >= 0.6 is 24.8 Å². The normalized spacial score (nSPS) is 14.7. The summed E-state index contributed by atoms with van der Waals surface area (Å²) in [5.41, 5.74) is 5.33. The lowest BCUT2D eigenvalue weighted by atomic mass is 10.1. The quantitative estimate of drug-likeness (QED) is 0.670. The van der Waals surface area contributed by atoms with Crippen LogP contribution in [-0.4, -0.2) is 28.0 Å². The van der Waals surface area contributed by atoms with Crippen LogP contribution in [-0.2, 0) is 0 Å². The van der Waals surface area contributed by atoms with Gasteiger partial charge in [-0.05, 0) is 19.3 Å². The second-order valence-electron chi connectivity index (χ2n) is 3.72. The van der Waals surface area contributed by atoms with Crippen molar-refractivity contribution in [3.8, 4) is 0 Å². The molecule has 2 heterocycles. The van der Waals surface area contributed by atoms with Gasteiger partial charge in [-0.1, -0.05) is 0 Å². The summed E-state index contributed by atoms with van der Waals surface area (Å²) in [5.74, 6) is 0.832. The van der Waals surface area contributed by atoms with Gasteiger partial charge in [0.15, 0.2) is 0 Å². The first-order valence-corrected chi connectivity index (χ1v) is 5.07. The van der Waals surface area contributed by atoms with E-state index in [9.17, 15) is 5.21 Å². The molecule has 1 fully saturated rings. The SMILES string of the molecule is Cl.Cl.N=c1nc(N2CCCCC2)cc(N)n1O. The van der Waals surface area contributed by atoms with Crippen molar-refractivity contribution in [1.29, 1.82) is 5.41 Å². The molecule has 98 valence electrons. The van der Waals surface area contributed by atoms with Crippen LogP contribution in [0.4, 0.5) is 11.6 Å². The number of hydrogen-bond acceptors (Lipinski definition) is 5. The van der Waals surface area contributed by atoms with E-state index >= 15 is 0 Å². The molecule has 0 aliphatic carbocycles. The monoisotopic (exact) mass is 281 g/mol. The lowest BCUT2D eigenvalue weighted by Gasteiger charge is -2.27. The fraction of sp³-hybridized carbons (Fsp3) is 0.556. The van der Waals surface area contributed by atoms with Crippen LogP contribution < -0.4 is 16.3 Å². The van der Waals surface area contributed by atoms with Gasteiger partial charge in [-0.2, -0.15) is 4.98 Å². The molecule has 0 unspecified atom stereocenters. The Kier molecular flexibility index (Phi) is 6.12. The number of rotatable bonds is 1. The zero-order chi connectivity index (χ0) is 10.8. The van der Waals surface area contributed by atoms with Crippen LogP contribution in [0.15, 0.2) is 6.07 Å². The Bertz CT molecular complexity index is 416. The Labute approximate surface area is 112 Å². The molecule has 0 saturated carbocycles. The first kappa shape index (κ1) is 15.9. The molecule has 1 aliphatic rings. The molecule has 2 rings (SSSR count). The summed E-state index contributed by atoms with van der Waals surface area (Å²) in [6.45, 7) is 1.89. The maximum atomic E-state index is 9.25. The molecule has 1 saturated heterocycles. The third kappa shape index (κ3) is 3.41. The van der Waals surface area contributed by atoms with Crippen LogP contribution in [0.25, 0.3) is 0 Å². The lowest BCUT2D eigenvalue weighted by Crippen LogP contribution is -2.33. The van der Waals surface area contributed by atoms with Crippen LogP contribution in [0.3, 0.4) is 0 Å². The van der Waals surface area contributed by atoms with Gasteiger partial charge in [-0.15, -0.1) is 29.5 Å². The van der Waals surface area contributed by atoms with Gasteiger partial charge in [0.1, 0.15) is 11.6 Å². The van der Waals surface area contributed by atoms with E-state index in [1.165, 1.54) is 6.42 Å². The zero-order valence-electron chi connectivity index (χ0n) is 9.30. The molecular formula is C9H17Cl2N5O. The minimum Gasteiger partial charge on any atom is -0.423 e. The number of aromatic nitrogens is 2. The Morgan fingerprint density at radius 2 is 1.82 bits per heavy atom. The summed E-state index contributed by atoms with van der Waals surface area (Å²) < 4.78 is 0.577. The Hall–Kier alpha value is -1.14. The number of anilines is 2. The van der Waals surface area contributed by atoms with Gasteiger partial charge in [0.25, 0.3) is 5.62 Å². The number of hydrogen-bond donors (Lipinski definition) is 3. The van der Waals surface area contributed by atoms with Crippen molar-refractivity contribution in [3.63, 3.8) is 0 Å². The van der Waals surface area contributed by atoms with E-state index in [0.29, 0.717) is 10.5 Å². The first-order valence-electron chi connectivity index (χ1n) is 5.07. The lowest BCUT2D eigenvalue weighted by molar-refractivity contribution is 0.171. The van der Waals surface area contributed by atoms with Crippen molar-refractivity contribution in [1.82, 2.24) is 9.71 Å². The highest BCUT2D eigenvalue weighted by Gasteiger charge is 2.13. The van der Waals surface area contributed by atoms with Gasteiger partial charge < -0.3 is 15.8 Å². The predicted molar refractivity (Wildman–Crippen MR) is 70.2 cm³/mol. The fourth-order valence-electron chi connectivity index (χ4n) is 1.79. The highest BCUT2D eigenvalue weighted by Crippen LogP contribution is 2.17. The highest BCUT2D eigenvalue weighted by atomic mass is 35.5. The first-order chi connectivity index (χ1) is 7.18. The van der Waals surface area contributed by atoms with E-state index in [1.807, 2.05) is 0 Å². The summed E-state index contributed by atoms with van der Waals surface area (Å²) in [7, 11) is 0. The van der Waals surface area contributed by atoms with Crippen molar-refractivity contribution in [2.24, 2.45) is 0 Å². The minimum absolute atomic E-state index is 0. The molecule has 6 nitrogen and oxygen atoms in total. The van der Waals surface area contributed by atoms with E-state index in [4.69, 9.17) is 11.1 Å². The molecule has 17 heavy (non-hydrogen) atoms. The Morgan fingerprint density at radius 1 is 1.24 bits per heavy atom. The molecule has 0 atom stereocenters. The van der Waals surface area contributed by atoms with Crippen molar-refractivity contribution in [2.75, 3.05) is 23.7 Å². The molecule has 1 aromatic rings. The maximum absolute atomic E-state index is 9.25. The number of nitrogen functional groups attached to an aromatic ring is 1. The number of nitrogens with two attached hydrogens (primary N) is 1. The molecule has 1 aromatic heterocycles. The Morgan fingerprint density at radius 3 is 2.35 bits per heavy atom. The number of piperidine rings is 1. The standard InChI is InChI=1S/C9H15N5O.2ClH/c10-7-6-8(12-9(11)14(7)15)13-4-2-1-3-5-13;;/h6,11,15H,1-5,10H2;2*1H. The zero-order valence-corrected chi connectivity index (χ0v) is 10.9. The van der Waals surface area contributed by atoms with E-state index < -0.39 is 0 Å². The Balaban J connectivity index is 0.00000128. The molecule has 0 spiro atoms. The molecular weight excluding hydrogens is 265 g/mol. The third-order valence-electron chi connectivity index (χ3n) is 2.62. The van der Waals surface area contributed by atoms with Crippen molar-refractivity contribution >= 4 is 36.4 Å². The second kappa shape index (κ2) is 6.56. The van der Waals surface area contributed by atoms with E-state index in [-0.39, 0.29) is 36.3 Å². The van der Waals surface area contributed by atoms with Crippen LogP contribution in [0.1, 0.15) is 19.3 Å². The van der Waals surface area contributed by atoms with Gasteiger partial charge in [-0.3, -0.25) is 5.41 Å². The number of halogens is 2. The van der Waals surface area contributed by atoms with Crippen LogP contribution in [0.5, 0.6) is 0 Å². The van der Waals surface area contributed by atoms with Gasteiger partial charge in [0.2, 0.25) is 0 Å².